The van der Waals surface area contributed by atoms with Crippen LogP contribution in [0.25, 0.3) is 0 Å². The summed E-state index contributed by atoms with van der Waals surface area (Å²) in [5.74, 6) is 3.77. The molecule has 4 rings (SSSR count). The first-order valence-corrected chi connectivity index (χ1v) is 24.9. The molecule has 0 fully saturated rings. The van der Waals surface area contributed by atoms with Crippen molar-refractivity contribution in [1.82, 2.24) is 0 Å². The van der Waals surface area contributed by atoms with Crippen molar-refractivity contribution in [2.45, 2.75) is 31.7 Å². The van der Waals surface area contributed by atoms with Crippen molar-refractivity contribution in [1.29, 1.82) is 0 Å². The van der Waals surface area contributed by atoms with Crippen molar-refractivity contribution in [3.8, 4) is 28.7 Å². The SMILES string of the molecule is COc1ccc(CCC(=O)CC2c3c(cc4c(c3OC)OCO4)CC[N+]2(C)C)c(OC)c1.[B][B]B([B])B(B(B([B])[B])B([B])[B])B(B(B(B([B])[B])B([B])[B])B(B([B])[B])B([B])[B])B(B(B([B])[B])B([B])[B])B(B([B])[B])B([B])[B].[I-]. The molecule has 1 atom stereocenters. The molecule has 45 radical (unpaired) electrons. The number of methoxy groups -OCH3 is 3. The molecule has 0 bridgehead atoms. The maximum absolute atomic E-state index is 13.2. The molecule has 2 heterocycles. The van der Waals surface area contributed by atoms with E-state index in [0.717, 1.165) is 45.8 Å². The third kappa shape index (κ3) is 18.3. The van der Waals surface area contributed by atoms with E-state index in [2.05, 4.69) is 20.2 Å². The number of carbonyl (C=O) groups is 1. The highest BCUT2D eigenvalue weighted by Gasteiger charge is 2.58. The zero-order valence-electron chi connectivity index (χ0n) is 44.7. The maximum atomic E-state index is 13.2. The molecule has 1 unspecified atom stereocenters. The van der Waals surface area contributed by atoms with E-state index in [1.807, 2.05) is 18.2 Å². The number of benzene rings is 2. The summed E-state index contributed by atoms with van der Waals surface area (Å²) in [4.78, 5) is 13.2. The zero-order chi connectivity index (χ0) is 57.1. The van der Waals surface area contributed by atoms with Crippen LogP contribution in [0.4, 0.5) is 0 Å². The fourth-order valence-electron chi connectivity index (χ4n) is 11.8. The van der Waals surface area contributed by atoms with E-state index in [-0.39, 0.29) is 42.6 Å². The molecule has 2 aromatic carbocycles. The Morgan fingerprint density at radius 3 is 1.39 bits per heavy atom. The third-order valence-corrected chi connectivity index (χ3v) is 15.3. The second-order valence-electron chi connectivity index (χ2n) is 20.6. The van der Waals surface area contributed by atoms with Crippen molar-refractivity contribution in [2.24, 2.45) is 0 Å². The Bertz CT molecular complexity index is 1960. The largest absolute Gasteiger partial charge is 1.00 e. The lowest BCUT2D eigenvalue weighted by Gasteiger charge is -2.55. The van der Waals surface area contributed by atoms with Crippen LogP contribution >= 0.6 is 0 Å². The van der Waals surface area contributed by atoms with E-state index in [1.165, 1.54) is 12.6 Å². The minimum absolute atomic E-state index is 0. The summed E-state index contributed by atoms with van der Waals surface area (Å²) < 4.78 is 28.6. The predicted molar refractivity (Wildman–Crippen MR) is 367 cm³/mol. The second kappa shape index (κ2) is 33.2. The van der Waals surface area contributed by atoms with Crippen LogP contribution in [0, 0.1) is 0 Å². The lowest BCUT2D eigenvalue weighted by molar-refractivity contribution is -0.922. The number of halogens is 1. The molecule has 0 amide bonds. The molecule has 2 aromatic rings. The Hall–Kier alpha value is 0.592. The van der Waals surface area contributed by atoms with Gasteiger partial charge < -0.3 is 52.1 Å². The molecule has 309 valence electrons. The second-order valence-corrected chi connectivity index (χ2v) is 20.6. The molecule has 0 saturated heterocycles. The normalized spacial score (nSPS) is 13.0. The van der Waals surface area contributed by atoms with Gasteiger partial charge in [-0.3, -0.25) is 4.79 Å². The standard InChI is InChI=1S/C25H32NO6.B43.HI/c1-26(2)11-10-17-12-22-24(32-15-31-22)25(30-5)23(17)20(26)13-18(27)8-6-16-7-9-19(28-3)14-21(16)29-4;1-23-34(22)40(35(24(2)3)25(4)5)43(41(36(26(6)7)27(8)9)37(28(10)11)29(12)13)42(38(30(14)15)31(16)17)39(32(18)19)33(20)21;/h7,9,12,14,20H,6,8,10-11,13,15H2,1-5H3;;1H/q+1;;/p-1. The molecule has 7 nitrogen and oxygen atoms in total. The number of carbonyl (C=O) groups excluding carboxylic acids is 1. The molecule has 0 N–H and O–H groups in total. The van der Waals surface area contributed by atoms with Gasteiger partial charge in [-0.2, -0.15) is 0 Å². The molecule has 2 aliphatic rings. The van der Waals surface area contributed by atoms with Gasteiger partial charge in [0.2, 0.25) is 12.5 Å². The first kappa shape index (κ1) is 72.7. The summed E-state index contributed by atoms with van der Waals surface area (Å²) >= 11 is 0. The minimum Gasteiger partial charge on any atom is -1.00 e. The monoisotopic (exact) mass is 1040 g/mol. The van der Waals surface area contributed by atoms with E-state index in [0.29, 0.717) is 30.8 Å². The number of hydrogen-bond donors (Lipinski definition) is 0. The first-order valence-electron chi connectivity index (χ1n) is 24.9. The molecule has 76 heavy (non-hydrogen) atoms. The Kier molecular flexibility index (Phi) is 31.7. The Morgan fingerprint density at radius 2 is 1.01 bits per heavy atom. The molecule has 2 aliphatic heterocycles. The minimum atomic E-state index is -1.24. The summed E-state index contributed by atoms with van der Waals surface area (Å²) in [6, 6.07) is 7.76. The number of nitrogens with zero attached hydrogens (tertiary/aromatic N) is 1. The van der Waals surface area contributed by atoms with Gasteiger partial charge in [0, 0.05) is 324 Å². The van der Waals surface area contributed by atoms with Crippen LogP contribution < -0.4 is 47.7 Å². The van der Waals surface area contributed by atoms with Crippen LogP contribution in [0.5, 0.6) is 28.7 Å². The van der Waals surface area contributed by atoms with Gasteiger partial charge in [-0.15, -0.1) is 0 Å². The quantitative estimate of drug-likeness (QED) is 0.0481. The predicted octanol–water partition coefficient (Wildman–Crippen LogP) is -15.7. The van der Waals surface area contributed by atoms with E-state index < -0.39 is 128 Å². The molecular weight excluding hydrogens is 1000 g/mol. The van der Waals surface area contributed by atoms with Crippen molar-refractivity contribution < 1.29 is 56.9 Å². The summed E-state index contributed by atoms with van der Waals surface area (Å²) in [5, 5.41) is 0. The number of fused-ring (bicyclic) bond motifs is 2. The average molecular weight is 1030 g/mol. The van der Waals surface area contributed by atoms with Crippen molar-refractivity contribution in [3.05, 3.63) is 41.0 Å². The van der Waals surface area contributed by atoms with E-state index >= 15 is 0 Å². The Balaban J connectivity index is 0.000000531. The van der Waals surface area contributed by atoms with E-state index in [4.69, 9.17) is 194 Å². The van der Waals surface area contributed by atoms with Crippen molar-refractivity contribution in [2.75, 3.05) is 48.8 Å². The van der Waals surface area contributed by atoms with Gasteiger partial charge >= 0.3 is 0 Å². The van der Waals surface area contributed by atoms with Crippen LogP contribution in [-0.2, 0) is 17.6 Å². The summed E-state index contributed by atoms with van der Waals surface area (Å²) in [6.07, 6.45) is -20.7. The summed E-state index contributed by atoms with van der Waals surface area (Å²) in [5.41, 5.74) is 3.25. The van der Waals surface area contributed by atoms with Crippen LogP contribution in [0.2, 0.25) is 0 Å². The molecule has 0 aromatic heterocycles. The van der Waals surface area contributed by atoms with Crippen LogP contribution in [-0.4, -0.2) is 364 Å². The van der Waals surface area contributed by atoms with E-state index in [9.17, 15) is 4.79 Å². The number of aryl methyl sites for hydroxylation is 1. The van der Waals surface area contributed by atoms with Crippen LogP contribution in [0.1, 0.15) is 35.6 Å². The third-order valence-electron chi connectivity index (χ3n) is 15.3. The zero-order valence-corrected chi connectivity index (χ0v) is 46.9. The Labute approximate surface area is 513 Å². The molecule has 0 spiro atoms. The van der Waals surface area contributed by atoms with Crippen molar-refractivity contribution in [3.63, 3.8) is 0 Å². The highest BCUT2D eigenvalue weighted by molar-refractivity contribution is 8.33. The van der Waals surface area contributed by atoms with Crippen molar-refractivity contribution >= 4 is 311 Å². The number of ketones is 1. The fourth-order valence-corrected chi connectivity index (χ4v) is 11.8. The first-order chi connectivity index (χ1) is 34.9. The topological polar surface area (TPSA) is 63.2 Å². The number of quaternary nitrogens is 1. The van der Waals surface area contributed by atoms with Crippen LogP contribution in [0.3, 0.4) is 0 Å². The highest BCUT2D eigenvalue weighted by atomic mass is 127. The number of likely N-dealkylation sites (N-methyl/N-ethyl adjacent to an activating group) is 1. The number of ether oxygens (including phenoxy) is 5. The molecular formula is C25H32B43INO6. The fraction of sp³-hybridized carbons (Fsp3) is 0.480. The van der Waals surface area contributed by atoms with E-state index in [1.54, 1.807) is 21.3 Å². The maximum Gasteiger partial charge on any atom is 0.231 e. The van der Waals surface area contributed by atoms with Gasteiger partial charge in [0.15, 0.2) is 11.5 Å². The van der Waals surface area contributed by atoms with Gasteiger partial charge in [-0.25, -0.2) is 0 Å². The summed E-state index contributed by atoms with van der Waals surface area (Å²) in [7, 11) is 149. The molecule has 0 saturated carbocycles. The van der Waals surface area contributed by atoms with Crippen LogP contribution in [0.15, 0.2) is 24.3 Å². The van der Waals surface area contributed by atoms with Gasteiger partial charge in [0.05, 0.1) is 54.0 Å². The molecule has 51 heteroatoms. The number of Topliss-reactive ketones (excluding diaryl/α,β-unsaturated/α-hetero) is 1. The summed E-state index contributed by atoms with van der Waals surface area (Å²) in [6.45, 7) is 1.14. The Morgan fingerprint density at radius 1 is 0.592 bits per heavy atom. The van der Waals surface area contributed by atoms with Gasteiger partial charge in [0.1, 0.15) is 23.3 Å². The number of rotatable bonds is 28. The molecule has 0 aliphatic carbocycles. The van der Waals surface area contributed by atoms with Gasteiger partial charge in [0.25, 0.3) is 0 Å². The lowest BCUT2D eigenvalue weighted by Crippen LogP contribution is -3.00. The average Bonchev–Trinajstić information content (AvgIpc) is 3.78. The smallest absolute Gasteiger partial charge is 0.231 e. The van der Waals surface area contributed by atoms with Gasteiger partial charge in [-0.1, -0.05) is 6.07 Å². The number of hydrogen-bond acceptors (Lipinski definition) is 6. The van der Waals surface area contributed by atoms with Gasteiger partial charge in [-0.05, 0) is 29.7 Å². The lowest BCUT2D eigenvalue weighted by atomic mass is 8.26. The highest BCUT2D eigenvalue weighted by Crippen LogP contribution is 2.51.